The summed E-state index contributed by atoms with van der Waals surface area (Å²) in [4.78, 5) is 0. The Labute approximate surface area is 183 Å². The highest BCUT2D eigenvalue weighted by Crippen LogP contribution is 2.48. The van der Waals surface area contributed by atoms with Gasteiger partial charge in [0.05, 0.1) is 17.5 Å². The molecule has 0 radical (unpaired) electrons. The van der Waals surface area contributed by atoms with E-state index in [1.807, 2.05) is 48.5 Å². The van der Waals surface area contributed by atoms with Gasteiger partial charge in [0.25, 0.3) is 0 Å². The summed E-state index contributed by atoms with van der Waals surface area (Å²) in [7, 11) is 1.58. The smallest absolute Gasteiger partial charge is 0.205 e. The van der Waals surface area contributed by atoms with E-state index in [2.05, 4.69) is 28.6 Å². The molecule has 0 spiro atoms. The molecule has 30 heavy (non-hydrogen) atoms. The predicted octanol–water partition coefficient (Wildman–Crippen LogP) is 5.39. The Morgan fingerprint density at radius 3 is 2.80 bits per heavy atom. The molecule has 0 unspecified atom stereocenters. The number of benzene rings is 3. The average molecular weight is 463 g/mol. The monoisotopic (exact) mass is 462 g/mol. The Hall–Kier alpha value is -3.43. The minimum absolute atomic E-state index is 0.105. The SMILES string of the molecule is C=CCOc1c(Br)cc([C@@H]2C(C#N)=C(N)Oc3c2ccc2ccccc32)cc1OC. The number of halogens is 1. The molecule has 0 amide bonds. The van der Waals surface area contributed by atoms with E-state index in [9.17, 15) is 5.26 Å². The van der Waals surface area contributed by atoms with E-state index in [1.165, 1.54) is 0 Å². The third-order valence-corrected chi connectivity index (χ3v) is 5.63. The molecule has 5 nitrogen and oxygen atoms in total. The third kappa shape index (κ3) is 3.27. The molecule has 0 saturated heterocycles. The summed E-state index contributed by atoms with van der Waals surface area (Å²) in [5, 5.41) is 11.8. The van der Waals surface area contributed by atoms with Crippen molar-refractivity contribution >= 4 is 26.7 Å². The Morgan fingerprint density at radius 2 is 2.07 bits per heavy atom. The maximum absolute atomic E-state index is 9.85. The van der Waals surface area contributed by atoms with Crippen LogP contribution in [0.2, 0.25) is 0 Å². The van der Waals surface area contributed by atoms with Crippen LogP contribution in [0.4, 0.5) is 0 Å². The first-order valence-corrected chi connectivity index (χ1v) is 10.1. The molecule has 3 aromatic carbocycles. The lowest BCUT2D eigenvalue weighted by molar-refractivity contribution is 0.324. The fourth-order valence-corrected chi connectivity index (χ4v) is 4.29. The number of allylic oxidation sites excluding steroid dienone is 1. The minimum Gasteiger partial charge on any atom is -0.493 e. The van der Waals surface area contributed by atoms with E-state index in [0.717, 1.165) is 21.9 Å². The summed E-state index contributed by atoms with van der Waals surface area (Å²) in [6.45, 7) is 4.02. The van der Waals surface area contributed by atoms with Crippen LogP contribution in [-0.2, 0) is 0 Å². The molecule has 150 valence electrons. The first-order chi connectivity index (χ1) is 14.6. The maximum atomic E-state index is 9.85. The van der Waals surface area contributed by atoms with Gasteiger partial charge in [-0.1, -0.05) is 49.1 Å². The summed E-state index contributed by atoms with van der Waals surface area (Å²) in [5.74, 6) is 1.49. The van der Waals surface area contributed by atoms with Crippen LogP contribution in [0, 0.1) is 11.3 Å². The van der Waals surface area contributed by atoms with Crippen molar-refractivity contribution in [3.63, 3.8) is 0 Å². The molecule has 1 aliphatic heterocycles. The Morgan fingerprint density at radius 1 is 1.27 bits per heavy atom. The summed E-state index contributed by atoms with van der Waals surface area (Å²) in [5.41, 5.74) is 8.24. The van der Waals surface area contributed by atoms with Crippen LogP contribution in [0.25, 0.3) is 10.8 Å². The molecule has 1 atom stereocenters. The van der Waals surface area contributed by atoms with Crippen LogP contribution in [0.3, 0.4) is 0 Å². The van der Waals surface area contributed by atoms with Crippen LogP contribution in [-0.4, -0.2) is 13.7 Å². The number of rotatable bonds is 5. The quantitative estimate of drug-likeness (QED) is 0.513. The molecule has 1 heterocycles. The van der Waals surface area contributed by atoms with Gasteiger partial charge in [-0.2, -0.15) is 5.26 Å². The van der Waals surface area contributed by atoms with Crippen molar-refractivity contribution in [2.75, 3.05) is 13.7 Å². The number of nitriles is 1. The van der Waals surface area contributed by atoms with Gasteiger partial charge in [0.15, 0.2) is 11.5 Å². The molecule has 6 heteroatoms. The van der Waals surface area contributed by atoms with Crippen LogP contribution in [0.1, 0.15) is 17.0 Å². The molecule has 4 rings (SSSR count). The lowest BCUT2D eigenvalue weighted by atomic mass is 9.82. The predicted molar refractivity (Wildman–Crippen MR) is 120 cm³/mol. The Balaban J connectivity index is 1.94. The number of hydrogen-bond acceptors (Lipinski definition) is 5. The van der Waals surface area contributed by atoms with Crippen LogP contribution in [0.5, 0.6) is 17.2 Å². The Kier molecular flexibility index (Phi) is 5.39. The fraction of sp³-hybridized carbons (Fsp3) is 0.125. The molecule has 0 bridgehead atoms. The van der Waals surface area contributed by atoms with Crippen molar-refractivity contribution in [1.29, 1.82) is 5.26 Å². The zero-order valence-electron chi connectivity index (χ0n) is 16.3. The van der Waals surface area contributed by atoms with E-state index >= 15 is 0 Å². The van der Waals surface area contributed by atoms with Crippen molar-refractivity contribution in [2.24, 2.45) is 5.73 Å². The second-order valence-corrected chi connectivity index (χ2v) is 7.62. The molecule has 0 aromatic heterocycles. The number of hydrogen-bond donors (Lipinski definition) is 1. The van der Waals surface area contributed by atoms with Crippen molar-refractivity contribution in [3.05, 3.63) is 88.2 Å². The lowest BCUT2D eigenvalue weighted by Gasteiger charge is -2.28. The van der Waals surface area contributed by atoms with E-state index in [0.29, 0.717) is 33.9 Å². The van der Waals surface area contributed by atoms with E-state index < -0.39 is 5.92 Å². The molecule has 0 aliphatic carbocycles. The van der Waals surface area contributed by atoms with Crippen LogP contribution < -0.4 is 19.9 Å². The van der Waals surface area contributed by atoms with Gasteiger partial charge in [0.2, 0.25) is 5.88 Å². The molecule has 2 N–H and O–H groups in total. The van der Waals surface area contributed by atoms with Gasteiger partial charge < -0.3 is 19.9 Å². The third-order valence-electron chi connectivity index (χ3n) is 5.04. The number of nitrogens with zero attached hydrogens (tertiary/aromatic N) is 1. The number of fused-ring (bicyclic) bond motifs is 3. The maximum Gasteiger partial charge on any atom is 0.205 e. The molecular formula is C24H19BrN2O3. The number of methoxy groups -OCH3 is 1. The Bertz CT molecular complexity index is 1230. The van der Waals surface area contributed by atoms with Gasteiger partial charge in [-0.05, 0) is 39.0 Å². The second-order valence-electron chi connectivity index (χ2n) is 6.76. The lowest BCUT2D eigenvalue weighted by Crippen LogP contribution is -2.21. The van der Waals surface area contributed by atoms with Gasteiger partial charge in [0, 0.05) is 10.9 Å². The van der Waals surface area contributed by atoms with Gasteiger partial charge >= 0.3 is 0 Å². The van der Waals surface area contributed by atoms with Crippen molar-refractivity contribution in [2.45, 2.75) is 5.92 Å². The second kappa shape index (κ2) is 8.13. The highest BCUT2D eigenvalue weighted by atomic mass is 79.9. The van der Waals surface area contributed by atoms with E-state index in [1.54, 1.807) is 13.2 Å². The van der Waals surface area contributed by atoms with E-state index in [4.69, 9.17) is 19.9 Å². The first-order valence-electron chi connectivity index (χ1n) is 9.29. The zero-order valence-corrected chi connectivity index (χ0v) is 17.9. The van der Waals surface area contributed by atoms with Gasteiger partial charge in [-0.3, -0.25) is 0 Å². The normalized spacial score (nSPS) is 15.2. The topological polar surface area (TPSA) is 77.5 Å². The van der Waals surface area contributed by atoms with Crippen molar-refractivity contribution in [1.82, 2.24) is 0 Å². The fourth-order valence-electron chi connectivity index (χ4n) is 3.72. The van der Waals surface area contributed by atoms with Crippen LogP contribution >= 0.6 is 15.9 Å². The number of ether oxygens (including phenoxy) is 3. The largest absolute Gasteiger partial charge is 0.493 e. The number of nitrogens with two attached hydrogens (primary N) is 1. The summed E-state index contributed by atoms with van der Waals surface area (Å²) < 4.78 is 17.9. The minimum atomic E-state index is -0.401. The molecular weight excluding hydrogens is 444 g/mol. The summed E-state index contributed by atoms with van der Waals surface area (Å²) in [6.07, 6.45) is 1.66. The average Bonchev–Trinajstić information content (AvgIpc) is 2.76. The standard InChI is InChI=1S/C24H19BrN2O3/c1-3-10-29-23-19(25)11-15(12-20(23)28-2)21-17-9-8-14-6-4-5-7-16(14)22(17)30-24(27)18(21)13-26/h3-9,11-12,21H,1,10,27H2,2H3/t21-/m0/s1. The van der Waals surface area contributed by atoms with E-state index in [-0.39, 0.29) is 5.88 Å². The van der Waals surface area contributed by atoms with Gasteiger partial charge in [0.1, 0.15) is 24.0 Å². The first kappa shape index (κ1) is 19.9. The highest BCUT2D eigenvalue weighted by molar-refractivity contribution is 9.10. The summed E-state index contributed by atoms with van der Waals surface area (Å²) >= 11 is 3.57. The van der Waals surface area contributed by atoms with Crippen molar-refractivity contribution in [3.8, 4) is 23.3 Å². The molecule has 0 saturated carbocycles. The molecule has 0 fully saturated rings. The van der Waals surface area contributed by atoms with Crippen molar-refractivity contribution < 1.29 is 14.2 Å². The van der Waals surface area contributed by atoms with Gasteiger partial charge in [-0.15, -0.1) is 0 Å². The molecule has 1 aliphatic rings. The van der Waals surface area contributed by atoms with Gasteiger partial charge in [-0.25, -0.2) is 0 Å². The van der Waals surface area contributed by atoms with Crippen LogP contribution in [0.15, 0.2) is 77.1 Å². The highest BCUT2D eigenvalue weighted by Gasteiger charge is 2.32. The molecule has 3 aromatic rings. The summed E-state index contributed by atoms with van der Waals surface area (Å²) in [6, 6.07) is 17.9. The zero-order chi connectivity index (χ0) is 21.3.